The zero-order valence-corrected chi connectivity index (χ0v) is 10.9. The van der Waals surface area contributed by atoms with Gasteiger partial charge in [0, 0.05) is 15.2 Å². The summed E-state index contributed by atoms with van der Waals surface area (Å²) in [6.07, 6.45) is 0. The Morgan fingerprint density at radius 2 is 2.00 bits per heavy atom. The summed E-state index contributed by atoms with van der Waals surface area (Å²) in [6.45, 7) is 4.23. The largest absolute Gasteiger partial charge is 0.496 e. The Hall–Kier alpha value is -0.290. The van der Waals surface area contributed by atoms with Crippen LogP contribution in [0.5, 0.6) is 5.75 Å². The van der Waals surface area contributed by atoms with Crippen LogP contribution in [0.2, 0.25) is 0 Å². The number of hydrogen-bond acceptors (Lipinski definition) is 2. The van der Waals surface area contributed by atoms with Crippen molar-refractivity contribution in [2.75, 3.05) is 7.11 Å². The number of nitrogens with two attached hydrogens (primary N) is 1. The second-order valence-corrected chi connectivity index (χ2v) is 4.90. The SMILES string of the molecule is COc1ccc(I)cc1[C@H](N)C(C)C. The summed E-state index contributed by atoms with van der Waals surface area (Å²) in [6, 6.07) is 6.12. The van der Waals surface area contributed by atoms with Crippen molar-refractivity contribution in [3.8, 4) is 5.75 Å². The minimum atomic E-state index is 0.0414. The highest BCUT2D eigenvalue weighted by Crippen LogP contribution is 2.29. The highest BCUT2D eigenvalue weighted by molar-refractivity contribution is 14.1. The molecule has 78 valence electrons. The molecular weight excluding hydrogens is 289 g/mol. The van der Waals surface area contributed by atoms with Gasteiger partial charge < -0.3 is 10.5 Å². The molecule has 0 heterocycles. The molecule has 0 amide bonds. The van der Waals surface area contributed by atoms with Crippen LogP contribution in [-0.2, 0) is 0 Å². The fraction of sp³-hybridized carbons (Fsp3) is 0.455. The van der Waals surface area contributed by atoms with Gasteiger partial charge in [-0.25, -0.2) is 0 Å². The number of halogens is 1. The van der Waals surface area contributed by atoms with Crippen molar-refractivity contribution in [2.45, 2.75) is 19.9 Å². The van der Waals surface area contributed by atoms with Gasteiger partial charge in [-0.3, -0.25) is 0 Å². The zero-order valence-electron chi connectivity index (χ0n) is 8.75. The molecule has 1 rings (SSSR count). The van der Waals surface area contributed by atoms with E-state index in [0.717, 1.165) is 11.3 Å². The predicted molar refractivity (Wildman–Crippen MR) is 67.5 cm³/mol. The monoisotopic (exact) mass is 305 g/mol. The Kier molecular flexibility index (Phi) is 4.19. The van der Waals surface area contributed by atoms with E-state index in [0.29, 0.717) is 5.92 Å². The van der Waals surface area contributed by atoms with E-state index in [1.165, 1.54) is 3.57 Å². The van der Waals surface area contributed by atoms with Crippen LogP contribution < -0.4 is 10.5 Å². The Labute approximate surface area is 99.0 Å². The lowest BCUT2D eigenvalue weighted by Gasteiger charge is -2.19. The van der Waals surface area contributed by atoms with Crippen molar-refractivity contribution in [2.24, 2.45) is 11.7 Å². The molecule has 3 heteroatoms. The summed E-state index contributed by atoms with van der Waals surface area (Å²) in [5.41, 5.74) is 7.19. The molecule has 0 aliphatic carbocycles. The third-order valence-electron chi connectivity index (χ3n) is 2.27. The van der Waals surface area contributed by atoms with Gasteiger partial charge in [-0.1, -0.05) is 13.8 Å². The van der Waals surface area contributed by atoms with Crippen LogP contribution in [0.25, 0.3) is 0 Å². The van der Waals surface area contributed by atoms with Crippen molar-refractivity contribution in [1.82, 2.24) is 0 Å². The molecule has 14 heavy (non-hydrogen) atoms. The average molecular weight is 305 g/mol. The van der Waals surface area contributed by atoms with Crippen LogP contribution in [0.15, 0.2) is 18.2 Å². The van der Waals surface area contributed by atoms with E-state index in [-0.39, 0.29) is 6.04 Å². The summed E-state index contributed by atoms with van der Waals surface area (Å²) in [5, 5.41) is 0. The Morgan fingerprint density at radius 3 is 2.50 bits per heavy atom. The lowest BCUT2D eigenvalue weighted by Crippen LogP contribution is -2.17. The first-order chi connectivity index (χ1) is 6.56. The second kappa shape index (κ2) is 4.98. The van der Waals surface area contributed by atoms with Gasteiger partial charge in [0.25, 0.3) is 0 Å². The van der Waals surface area contributed by atoms with Crippen molar-refractivity contribution in [3.05, 3.63) is 27.3 Å². The molecule has 0 saturated carbocycles. The van der Waals surface area contributed by atoms with Crippen molar-refractivity contribution < 1.29 is 4.74 Å². The average Bonchev–Trinajstić information content (AvgIpc) is 2.16. The molecule has 0 bridgehead atoms. The third-order valence-corrected chi connectivity index (χ3v) is 2.94. The first-order valence-corrected chi connectivity index (χ1v) is 5.73. The van der Waals surface area contributed by atoms with Gasteiger partial charge in [-0.2, -0.15) is 0 Å². The highest BCUT2D eigenvalue weighted by atomic mass is 127. The Bertz CT molecular complexity index is 312. The van der Waals surface area contributed by atoms with Gasteiger partial charge in [-0.05, 0) is 46.7 Å². The van der Waals surface area contributed by atoms with E-state index < -0.39 is 0 Å². The van der Waals surface area contributed by atoms with E-state index >= 15 is 0 Å². The van der Waals surface area contributed by atoms with Gasteiger partial charge >= 0.3 is 0 Å². The number of methoxy groups -OCH3 is 1. The van der Waals surface area contributed by atoms with Crippen molar-refractivity contribution >= 4 is 22.6 Å². The molecule has 2 nitrogen and oxygen atoms in total. The molecule has 0 radical (unpaired) electrons. The molecule has 0 aromatic heterocycles. The van der Waals surface area contributed by atoms with Crippen LogP contribution in [0, 0.1) is 9.49 Å². The molecule has 0 saturated heterocycles. The van der Waals surface area contributed by atoms with Gasteiger partial charge in [0.05, 0.1) is 7.11 Å². The maximum absolute atomic E-state index is 6.10. The summed E-state index contributed by atoms with van der Waals surface area (Å²) in [4.78, 5) is 0. The summed E-state index contributed by atoms with van der Waals surface area (Å²) >= 11 is 2.28. The minimum absolute atomic E-state index is 0.0414. The smallest absolute Gasteiger partial charge is 0.123 e. The normalized spacial score (nSPS) is 13.0. The maximum atomic E-state index is 6.10. The Balaban J connectivity index is 3.10. The van der Waals surface area contributed by atoms with Crippen LogP contribution in [0.1, 0.15) is 25.5 Å². The molecule has 0 aliphatic heterocycles. The molecule has 1 aromatic carbocycles. The van der Waals surface area contributed by atoms with E-state index in [9.17, 15) is 0 Å². The maximum Gasteiger partial charge on any atom is 0.123 e. The third kappa shape index (κ3) is 2.60. The second-order valence-electron chi connectivity index (χ2n) is 3.66. The van der Waals surface area contributed by atoms with Crippen LogP contribution >= 0.6 is 22.6 Å². The highest BCUT2D eigenvalue weighted by Gasteiger charge is 2.15. The van der Waals surface area contributed by atoms with E-state index in [1.54, 1.807) is 7.11 Å². The summed E-state index contributed by atoms with van der Waals surface area (Å²) in [5.74, 6) is 1.30. The molecule has 0 aliphatic rings. The fourth-order valence-electron chi connectivity index (χ4n) is 1.32. The van der Waals surface area contributed by atoms with Gasteiger partial charge in [0.2, 0.25) is 0 Å². The Morgan fingerprint density at radius 1 is 1.36 bits per heavy atom. The number of rotatable bonds is 3. The minimum Gasteiger partial charge on any atom is -0.496 e. The fourth-order valence-corrected chi connectivity index (χ4v) is 1.84. The summed E-state index contributed by atoms with van der Waals surface area (Å²) in [7, 11) is 1.68. The van der Waals surface area contributed by atoms with Crippen LogP contribution in [0.3, 0.4) is 0 Å². The lowest BCUT2D eigenvalue weighted by atomic mass is 9.96. The molecular formula is C11H16INO. The van der Waals surface area contributed by atoms with Gasteiger partial charge in [0.15, 0.2) is 0 Å². The number of ether oxygens (including phenoxy) is 1. The molecule has 0 spiro atoms. The van der Waals surface area contributed by atoms with E-state index in [2.05, 4.69) is 42.5 Å². The predicted octanol–water partition coefficient (Wildman–Crippen LogP) is 2.96. The van der Waals surface area contributed by atoms with Gasteiger partial charge in [0.1, 0.15) is 5.75 Å². The topological polar surface area (TPSA) is 35.2 Å². The lowest BCUT2D eigenvalue weighted by molar-refractivity contribution is 0.396. The van der Waals surface area contributed by atoms with E-state index in [1.807, 2.05) is 12.1 Å². The zero-order chi connectivity index (χ0) is 10.7. The van der Waals surface area contributed by atoms with Crippen LogP contribution in [-0.4, -0.2) is 7.11 Å². The first-order valence-electron chi connectivity index (χ1n) is 4.65. The molecule has 2 N–H and O–H groups in total. The molecule has 1 atom stereocenters. The van der Waals surface area contributed by atoms with Gasteiger partial charge in [-0.15, -0.1) is 0 Å². The van der Waals surface area contributed by atoms with Crippen LogP contribution in [0.4, 0.5) is 0 Å². The van der Waals surface area contributed by atoms with Crippen molar-refractivity contribution in [1.29, 1.82) is 0 Å². The quantitative estimate of drug-likeness (QED) is 0.872. The molecule has 0 unspecified atom stereocenters. The van der Waals surface area contributed by atoms with Crippen molar-refractivity contribution in [3.63, 3.8) is 0 Å². The standard InChI is InChI=1S/C11H16INO/c1-7(2)11(13)9-6-8(12)4-5-10(9)14-3/h4-7,11H,13H2,1-3H3/t11-/m1/s1. The first kappa shape index (κ1) is 11.8. The molecule has 1 aromatic rings. The summed E-state index contributed by atoms with van der Waals surface area (Å²) < 4.78 is 6.48. The van der Waals surface area contributed by atoms with E-state index in [4.69, 9.17) is 10.5 Å². The number of benzene rings is 1. The number of hydrogen-bond donors (Lipinski definition) is 1. The molecule has 0 fully saturated rings.